The number of hydrogen-bond donors (Lipinski definition) is 1. The normalized spacial score (nSPS) is 11.8. The minimum absolute atomic E-state index is 0.0126. The second-order valence-corrected chi connectivity index (χ2v) is 2.38. The first-order chi connectivity index (χ1) is 6.15. The van der Waals surface area contributed by atoms with Crippen LogP contribution in [0.15, 0.2) is 36.1 Å². The number of carbonyl (C=O) groups excluding carboxylic acids is 1. The van der Waals surface area contributed by atoms with Gasteiger partial charge in [-0.05, 0) is 25.2 Å². The van der Waals surface area contributed by atoms with Crippen LogP contribution < -0.4 is 5.73 Å². The monoisotopic (exact) mass is 181 g/mol. The molecule has 0 bridgehead atoms. The third-order valence-corrected chi connectivity index (χ3v) is 1.51. The fourth-order valence-electron chi connectivity index (χ4n) is 0.689. The summed E-state index contributed by atoms with van der Waals surface area (Å²) < 4.78 is 4.95. The van der Waals surface area contributed by atoms with Crippen molar-refractivity contribution in [1.29, 1.82) is 0 Å². The Balaban J connectivity index is 4.27. The predicted molar refractivity (Wildman–Crippen MR) is 53.1 cm³/mol. The molecule has 0 fully saturated rings. The van der Waals surface area contributed by atoms with Gasteiger partial charge in [-0.25, -0.2) is 0 Å². The maximum absolute atomic E-state index is 11.0. The quantitative estimate of drug-likeness (QED) is 0.393. The van der Waals surface area contributed by atoms with Crippen molar-refractivity contribution in [2.24, 2.45) is 5.73 Å². The van der Waals surface area contributed by atoms with Crippen molar-refractivity contribution in [3.05, 3.63) is 36.1 Å². The molecule has 72 valence electrons. The van der Waals surface area contributed by atoms with Gasteiger partial charge in [0.25, 0.3) is 0 Å². The number of carbonyl (C=O) groups is 1. The first kappa shape index (κ1) is 11.6. The number of ketones is 1. The SMILES string of the molecule is C=C(/C=C\C(=C/C)OC)C(=O)CN. The Bertz CT molecular complexity index is 252. The average Bonchev–Trinajstić information content (AvgIpc) is 2.17. The highest BCUT2D eigenvalue weighted by Crippen LogP contribution is 2.01. The van der Waals surface area contributed by atoms with Gasteiger partial charge in [0, 0.05) is 5.57 Å². The van der Waals surface area contributed by atoms with Crippen LogP contribution in [-0.4, -0.2) is 19.4 Å². The zero-order chi connectivity index (χ0) is 10.3. The van der Waals surface area contributed by atoms with Crippen LogP contribution in [0.25, 0.3) is 0 Å². The van der Waals surface area contributed by atoms with Crippen molar-refractivity contribution in [3.8, 4) is 0 Å². The first-order valence-electron chi connectivity index (χ1n) is 3.96. The van der Waals surface area contributed by atoms with Crippen LogP contribution in [-0.2, 0) is 9.53 Å². The Morgan fingerprint density at radius 3 is 2.54 bits per heavy atom. The van der Waals surface area contributed by atoms with Gasteiger partial charge in [0.2, 0.25) is 0 Å². The molecule has 0 aromatic heterocycles. The molecule has 0 aliphatic rings. The van der Waals surface area contributed by atoms with Gasteiger partial charge in [-0.3, -0.25) is 4.79 Å². The van der Waals surface area contributed by atoms with Crippen molar-refractivity contribution in [2.45, 2.75) is 6.92 Å². The van der Waals surface area contributed by atoms with E-state index in [1.807, 2.05) is 6.92 Å². The molecular formula is C10H15NO2. The van der Waals surface area contributed by atoms with Gasteiger partial charge in [0.05, 0.1) is 13.7 Å². The predicted octanol–water partition coefficient (Wildman–Crippen LogP) is 1.18. The van der Waals surface area contributed by atoms with Gasteiger partial charge in [0.1, 0.15) is 5.76 Å². The number of rotatable bonds is 5. The Hall–Kier alpha value is -1.35. The van der Waals surface area contributed by atoms with Crippen LogP contribution >= 0.6 is 0 Å². The molecule has 13 heavy (non-hydrogen) atoms. The molecule has 0 saturated carbocycles. The third-order valence-electron chi connectivity index (χ3n) is 1.51. The number of ether oxygens (including phenoxy) is 1. The van der Waals surface area contributed by atoms with Gasteiger partial charge in [-0.1, -0.05) is 6.58 Å². The lowest BCUT2D eigenvalue weighted by atomic mass is 10.2. The molecule has 0 aliphatic heterocycles. The molecule has 0 aromatic carbocycles. The summed E-state index contributed by atoms with van der Waals surface area (Å²) in [6.45, 7) is 5.40. The van der Waals surface area contributed by atoms with Crippen LogP contribution in [0.5, 0.6) is 0 Å². The highest BCUT2D eigenvalue weighted by atomic mass is 16.5. The molecule has 0 amide bonds. The molecule has 0 heterocycles. The summed E-state index contributed by atoms with van der Waals surface area (Å²) in [6.07, 6.45) is 5.06. The van der Waals surface area contributed by atoms with Crippen LogP contribution in [0.4, 0.5) is 0 Å². The van der Waals surface area contributed by atoms with Gasteiger partial charge in [-0.15, -0.1) is 0 Å². The summed E-state index contributed by atoms with van der Waals surface area (Å²) >= 11 is 0. The van der Waals surface area contributed by atoms with Crippen LogP contribution in [0.2, 0.25) is 0 Å². The van der Waals surface area contributed by atoms with Crippen LogP contribution in [0.3, 0.4) is 0 Å². The van der Waals surface area contributed by atoms with E-state index >= 15 is 0 Å². The van der Waals surface area contributed by atoms with Crippen molar-refractivity contribution < 1.29 is 9.53 Å². The minimum Gasteiger partial charge on any atom is -0.497 e. The zero-order valence-electron chi connectivity index (χ0n) is 8.04. The highest BCUT2D eigenvalue weighted by Gasteiger charge is 1.99. The largest absolute Gasteiger partial charge is 0.497 e. The Labute approximate surface area is 78.6 Å². The Morgan fingerprint density at radius 1 is 1.54 bits per heavy atom. The topological polar surface area (TPSA) is 52.3 Å². The average molecular weight is 181 g/mol. The summed E-state index contributed by atoms with van der Waals surface area (Å²) in [4.78, 5) is 11.0. The number of hydrogen-bond acceptors (Lipinski definition) is 3. The maximum atomic E-state index is 11.0. The number of Topliss-reactive ketones (excluding diaryl/α,β-unsaturated/α-hetero) is 1. The van der Waals surface area contributed by atoms with E-state index in [0.717, 1.165) is 0 Å². The smallest absolute Gasteiger partial charge is 0.175 e. The Kier molecular flexibility index (Phi) is 5.55. The van der Waals surface area contributed by atoms with E-state index < -0.39 is 0 Å². The number of allylic oxidation sites excluding steroid dienone is 3. The molecular weight excluding hydrogens is 166 g/mol. The molecule has 0 aliphatic carbocycles. The summed E-state index contributed by atoms with van der Waals surface area (Å²) in [5, 5.41) is 0. The molecule has 0 radical (unpaired) electrons. The van der Waals surface area contributed by atoms with Gasteiger partial charge < -0.3 is 10.5 Å². The van der Waals surface area contributed by atoms with Crippen molar-refractivity contribution >= 4 is 5.78 Å². The lowest BCUT2D eigenvalue weighted by Gasteiger charge is -1.98. The van der Waals surface area contributed by atoms with Crippen LogP contribution in [0, 0.1) is 0 Å². The molecule has 3 heteroatoms. The van der Waals surface area contributed by atoms with E-state index in [1.54, 1.807) is 25.3 Å². The van der Waals surface area contributed by atoms with E-state index in [9.17, 15) is 4.79 Å². The molecule has 0 atom stereocenters. The molecule has 2 N–H and O–H groups in total. The second kappa shape index (κ2) is 6.20. The van der Waals surface area contributed by atoms with Gasteiger partial charge >= 0.3 is 0 Å². The number of methoxy groups -OCH3 is 1. The summed E-state index contributed by atoms with van der Waals surface area (Å²) in [7, 11) is 1.56. The first-order valence-corrected chi connectivity index (χ1v) is 3.96. The van der Waals surface area contributed by atoms with Crippen molar-refractivity contribution in [1.82, 2.24) is 0 Å². The molecule has 0 aromatic rings. The fourth-order valence-corrected chi connectivity index (χ4v) is 0.689. The molecule has 0 rings (SSSR count). The second-order valence-electron chi connectivity index (χ2n) is 2.38. The van der Waals surface area contributed by atoms with Gasteiger partial charge in [-0.2, -0.15) is 0 Å². The molecule has 3 nitrogen and oxygen atoms in total. The van der Waals surface area contributed by atoms with E-state index in [4.69, 9.17) is 10.5 Å². The van der Waals surface area contributed by atoms with E-state index in [1.165, 1.54) is 0 Å². The van der Waals surface area contributed by atoms with Crippen molar-refractivity contribution in [2.75, 3.05) is 13.7 Å². The minimum atomic E-state index is -0.164. The maximum Gasteiger partial charge on any atom is 0.175 e. The molecule has 0 spiro atoms. The Morgan fingerprint density at radius 2 is 2.15 bits per heavy atom. The zero-order valence-corrected chi connectivity index (χ0v) is 8.04. The van der Waals surface area contributed by atoms with Crippen LogP contribution in [0.1, 0.15) is 6.92 Å². The standard InChI is InChI=1S/C10H15NO2/c1-4-9(13-3)6-5-8(2)10(12)7-11/h4-6H,2,7,11H2,1,3H3/b6-5-,9-4+. The summed E-state index contributed by atoms with van der Waals surface area (Å²) in [5.74, 6) is 0.522. The lowest BCUT2D eigenvalue weighted by Crippen LogP contribution is -2.13. The summed E-state index contributed by atoms with van der Waals surface area (Å²) in [5.41, 5.74) is 5.54. The number of nitrogens with two attached hydrogens (primary N) is 1. The fraction of sp³-hybridized carbons (Fsp3) is 0.300. The lowest BCUT2D eigenvalue weighted by molar-refractivity contribution is -0.114. The summed E-state index contributed by atoms with van der Waals surface area (Å²) in [6, 6.07) is 0. The third kappa shape index (κ3) is 4.28. The van der Waals surface area contributed by atoms with E-state index in [-0.39, 0.29) is 12.3 Å². The van der Waals surface area contributed by atoms with Crippen molar-refractivity contribution in [3.63, 3.8) is 0 Å². The highest BCUT2D eigenvalue weighted by molar-refractivity contribution is 5.98. The van der Waals surface area contributed by atoms with Gasteiger partial charge in [0.15, 0.2) is 5.78 Å². The van der Waals surface area contributed by atoms with E-state index in [2.05, 4.69) is 6.58 Å². The molecule has 0 unspecified atom stereocenters. The molecule has 0 saturated heterocycles. The van der Waals surface area contributed by atoms with E-state index in [0.29, 0.717) is 11.3 Å².